The van der Waals surface area contributed by atoms with Crippen LogP contribution < -0.4 is 10.3 Å². The van der Waals surface area contributed by atoms with Gasteiger partial charge in [-0.1, -0.05) is 0 Å². The lowest BCUT2D eigenvalue weighted by molar-refractivity contribution is 0.436. The molecule has 23 heavy (non-hydrogen) atoms. The van der Waals surface area contributed by atoms with Crippen LogP contribution in [0, 0.1) is 18.6 Å². The molecule has 1 aromatic heterocycles. The fourth-order valence-electron chi connectivity index (χ4n) is 2.40. The topological polar surface area (TPSA) is 51.5 Å². The maximum atomic E-state index is 13.6. The first kappa shape index (κ1) is 15.0. The predicted molar refractivity (Wildman–Crippen MR) is 82.0 cm³/mol. The minimum atomic E-state index is -0.702. The van der Waals surface area contributed by atoms with Crippen LogP contribution >= 0.6 is 0 Å². The van der Waals surface area contributed by atoms with Crippen molar-refractivity contribution >= 4 is 10.9 Å². The first-order chi connectivity index (χ1) is 10.9. The first-order valence-electron chi connectivity index (χ1n) is 6.83. The molecule has 6 heteroatoms. The Morgan fingerprint density at radius 2 is 1.87 bits per heavy atom. The molecule has 1 heterocycles. The number of rotatable bonds is 2. The van der Waals surface area contributed by atoms with E-state index in [0.717, 1.165) is 18.2 Å². The van der Waals surface area contributed by atoms with Gasteiger partial charge in [-0.25, -0.2) is 8.78 Å². The van der Waals surface area contributed by atoms with Crippen LogP contribution in [0.5, 0.6) is 17.2 Å². The van der Waals surface area contributed by atoms with Crippen LogP contribution in [-0.4, -0.2) is 9.67 Å². The molecular formula is C17H13F2NO3. The number of pyridine rings is 1. The molecule has 0 spiro atoms. The molecule has 0 bridgehead atoms. The molecule has 0 radical (unpaired) electrons. The molecule has 4 nitrogen and oxygen atoms in total. The summed E-state index contributed by atoms with van der Waals surface area (Å²) in [7, 11) is 1.56. The molecule has 0 aliphatic heterocycles. The van der Waals surface area contributed by atoms with Crippen LogP contribution in [0.3, 0.4) is 0 Å². The molecule has 118 valence electrons. The molecule has 3 aromatic rings. The number of hydrogen-bond donors (Lipinski definition) is 1. The molecule has 2 aromatic carbocycles. The molecule has 0 aliphatic rings. The third kappa shape index (κ3) is 2.52. The number of aromatic nitrogens is 1. The van der Waals surface area contributed by atoms with Gasteiger partial charge < -0.3 is 14.4 Å². The highest BCUT2D eigenvalue weighted by molar-refractivity contribution is 5.87. The van der Waals surface area contributed by atoms with Gasteiger partial charge in [0.15, 0.2) is 11.6 Å². The van der Waals surface area contributed by atoms with Crippen molar-refractivity contribution < 1.29 is 18.6 Å². The van der Waals surface area contributed by atoms with Crippen LogP contribution in [0.25, 0.3) is 10.9 Å². The van der Waals surface area contributed by atoms with E-state index in [9.17, 15) is 18.7 Å². The summed E-state index contributed by atoms with van der Waals surface area (Å²) in [5.41, 5.74) is 0.321. The Hall–Kier alpha value is -2.89. The van der Waals surface area contributed by atoms with Crippen molar-refractivity contribution in [2.75, 3.05) is 0 Å². The summed E-state index contributed by atoms with van der Waals surface area (Å²) in [6, 6.07) is 7.45. The Morgan fingerprint density at radius 3 is 2.61 bits per heavy atom. The Morgan fingerprint density at radius 1 is 1.13 bits per heavy atom. The minimum Gasteiger partial charge on any atom is -0.507 e. The molecule has 0 unspecified atom stereocenters. The zero-order chi connectivity index (χ0) is 16.7. The number of aromatic hydroxyl groups is 1. The molecule has 0 aliphatic carbocycles. The molecule has 0 saturated heterocycles. The highest BCUT2D eigenvalue weighted by Gasteiger charge is 2.13. The Kier molecular flexibility index (Phi) is 3.52. The van der Waals surface area contributed by atoms with Crippen molar-refractivity contribution in [1.29, 1.82) is 0 Å². The number of ether oxygens (including phenoxy) is 1. The Labute approximate surface area is 130 Å². The second-order valence-electron chi connectivity index (χ2n) is 5.19. The third-order valence-electron chi connectivity index (χ3n) is 3.69. The van der Waals surface area contributed by atoms with E-state index in [1.807, 2.05) is 0 Å². The summed E-state index contributed by atoms with van der Waals surface area (Å²) in [6.07, 6.45) is 0. The highest BCUT2D eigenvalue weighted by Crippen LogP contribution is 2.31. The van der Waals surface area contributed by atoms with E-state index in [-0.39, 0.29) is 28.4 Å². The van der Waals surface area contributed by atoms with Gasteiger partial charge in [0.05, 0.1) is 11.1 Å². The smallest absolute Gasteiger partial charge is 0.257 e. The van der Waals surface area contributed by atoms with Gasteiger partial charge >= 0.3 is 0 Å². The van der Waals surface area contributed by atoms with E-state index < -0.39 is 11.6 Å². The van der Waals surface area contributed by atoms with Crippen molar-refractivity contribution in [3.05, 3.63) is 63.9 Å². The second kappa shape index (κ2) is 5.39. The zero-order valence-electron chi connectivity index (χ0n) is 12.4. The largest absolute Gasteiger partial charge is 0.507 e. The number of fused-ring (bicyclic) bond motifs is 1. The SMILES string of the molecule is Cc1c(O)c2ccc(Oc3cc(F)ccc3F)cc2n(C)c1=O. The molecule has 0 fully saturated rings. The van der Waals surface area contributed by atoms with Gasteiger partial charge in [-0.05, 0) is 31.2 Å². The molecule has 3 rings (SSSR count). The molecule has 1 N–H and O–H groups in total. The van der Waals surface area contributed by atoms with E-state index >= 15 is 0 Å². The van der Waals surface area contributed by atoms with Crippen molar-refractivity contribution in [3.63, 3.8) is 0 Å². The fraction of sp³-hybridized carbons (Fsp3) is 0.118. The predicted octanol–water partition coefficient (Wildman–Crippen LogP) is 3.62. The lowest BCUT2D eigenvalue weighted by atomic mass is 10.1. The van der Waals surface area contributed by atoms with E-state index in [1.54, 1.807) is 13.1 Å². The van der Waals surface area contributed by atoms with Crippen LogP contribution in [0.1, 0.15) is 5.56 Å². The van der Waals surface area contributed by atoms with Crippen molar-refractivity contribution in [2.24, 2.45) is 7.05 Å². The van der Waals surface area contributed by atoms with E-state index in [1.165, 1.54) is 23.6 Å². The van der Waals surface area contributed by atoms with Crippen molar-refractivity contribution in [2.45, 2.75) is 6.92 Å². The summed E-state index contributed by atoms with van der Waals surface area (Å²) >= 11 is 0. The summed E-state index contributed by atoms with van der Waals surface area (Å²) < 4.78 is 33.5. The average molecular weight is 317 g/mol. The lowest BCUT2D eigenvalue weighted by Crippen LogP contribution is -2.19. The van der Waals surface area contributed by atoms with Crippen molar-refractivity contribution in [1.82, 2.24) is 4.57 Å². The number of hydrogen-bond acceptors (Lipinski definition) is 3. The number of nitrogens with zero attached hydrogens (tertiary/aromatic N) is 1. The quantitative estimate of drug-likeness (QED) is 0.785. The Balaban J connectivity index is 2.14. The van der Waals surface area contributed by atoms with Gasteiger partial charge in [-0.2, -0.15) is 0 Å². The molecule has 0 amide bonds. The summed E-state index contributed by atoms with van der Waals surface area (Å²) in [6.45, 7) is 1.53. The summed E-state index contributed by atoms with van der Waals surface area (Å²) in [4.78, 5) is 12.0. The van der Waals surface area contributed by atoms with Gasteiger partial charge in [0.2, 0.25) is 0 Å². The maximum Gasteiger partial charge on any atom is 0.257 e. The van der Waals surface area contributed by atoms with E-state index in [4.69, 9.17) is 4.74 Å². The standard InChI is InChI=1S/C17H13F2NO3/c1-9-16(21)12-5-4-11(8-14(12)20(2)17(9)22)23-15-7-10(18)3-6-13(15)19/h3-8,21H,1-2H3. The van der Waals surface area contributed by atoms with Gasteiger partial charge in [0.25, 0.3) is 5.56 Å². The summed E-state index contributed by atoms with van der Waals surface area (Å²) in [5.74, 6) is -1.47. The number of aryl methyl sites for hydroxylation is 1. The van der Waals surface area contributed by atoms with E-state index in [0.29, 0.717) is 10.9 Å². The monoisotopic (exact) mass is 317 g/mol. The summed E-state index contributed by atoms with van der Waals surface area (Å²) in [5, 5.41) is 10.5. The molecule has 0 atom stereocenters. The highest BCUT2D eigenvalue weighted by atomic mass is 19.1. The van der Waals surface area contributed by atoms with Crippen LogP contribution in [0.15, 0.2) is 41.2 Å². The maximum absolute atomic E-state index is 13.6. The van der Waals surface area contributed by atoms with E-state index in [2.05, 4.69) is 0 Å². The van der Waals surface area contributed by atoms with Gasteiger partial charge in [0.1, 0.15) is 17.3 Å². The number of halogens is 2. The molecule has 0 saturated carbocycles. The Bertz CT molecular complexity index is 980. The second-order valence-corrected chi connectivity index (χ2v) is 5.19. The van der Waals surface area contributed by atoms with Gasteiger partial charge in [-0.15, -0.1) is 0 Å². The zero-order valence-corrected chi connectivity index (χ0v) is 12.4. The fourth-order valence-corrected chi connectivity index (χ4v) is 2.40. The third-order valence-corrected chi connectivity index (χ3v) is 3.69. The van der Waals surface area contributed by atoms with Gasteiger partial charge in [-0.3, -0.25) is 4.79 Å². The number of benzene rings is 2. The van der Waals surface area contributed by atoms with Gasteiger partial charge in [0, 0.05) is 24.6 Å². The molecular weight excluding hydrogens is 304 g/mol. The van der Waals surface area contributed by atoms with Crippen LogP contribution in [0.4, 0.5) is 8.78 Å². The minimum absolute atomic E-state index is 0.105. The first-order valence-corrected chi connectivity index (χ1v) is 6.83. The van der Waals surface area contributed by atoms with Crippen LogP contribution in [-0.2, 0) is 7.05 Å². The normalized spacial score (nSPS) is 11.0. The van der Waals surface area contributed by atoms with Crippen molar-refractivity contribution in [3.8, 4) is 17.2 Å². The van der Waals surface area contributed by atoms with Crippen LogP contribution in [0.2, 0.25) is 0 Å². The average Bonchev–Trinajstić information content (AvgIpc) is 2.54. The lowest BCUT2D eigenvalue weighted by Gasteiger charge is -2.12.